The molecule has 0 aliphatic heterocycles. The van der Waals surface area contributed by atoms with Crippen LogP contribution in [0.2, 0.25) is 0 Å². The highest BCUT2D eigenvalue weighted by molar-refractivity contribution is 7.11. The molecule has 4 nitrogen and oxygen atoms in total. The Morgan fingerprint density at radius 2 is 2.04 bits per heavy atom. The standard InChI is InChI=1S/C19H15N3OS/c1-2-23-18-6-4-3-5-15(18)11-16(12-20)19-22-17(13-24-19)14-7-9-21-10-8-14/h3-11,13H,2H2,1H3/b16-11+. The summed E-state index contributed by atoms with van der Waals surface area (Å²) < 4.78 is 5.61. The van der Waals surface area contributed by atoms with E-state index in [-0.39, 0.29) is 0 Å². The quantitative estimate of drug-likeness (QED) is 0.637. The van der Waals surface area contributed by atoms with Gasteiger partial charge in [-0.2, -0.15) is 5.26 Å². The molecular weight excluding hydrogens is 318 g/mol. The lowest BCUT2D eigenvalue weighted by Gasteiger charge is -2.06. The number of hydrogen-bond acceptors (Lipinski definition) is 5. The molecule has 0 atom stereocenters. The zero-order valence-corrected chi connectivity index (χ0v) is 14.0. The first-order valence-electron chi connectivity index (χ1n) is 7.51. The Morgan fingerprint density at radius 1 is 1.25 bits per heavy atom. The number of nitrogens with zero attached hydrogens (tertiary/aromatic N) is 3. The number of aromatic nitrogens is 2. The summed E-state index contributed by atoms with van der Waals surface area (Å²) >= 11 is 1.45. The summed E-state index contributed by atoms with van der Waals surface area (Å²) in [4.78, 5) is 8.59. The second kappa shape index (κ2) is 7.53. The summed E-state index contributed by atoms with van der Waals surface area (Å²) in [5.41, 5.74) is 3.22. The van der Waals surface area contributed by atoms with E-state index in [4.69, 9.17) is 4.74 Å². The maximum Gasteiger partial charge on any atom is 0.134 e. The highest BCUT2D eigenvalue weighted by Crippen LogP contribution is 2.29. The van der Waals surface area contributed by atoms with Gasteiger partial charge in [0.05, 0.1) is 17.9 Å². The normalized spacial score (nSPS) is 11.1. The minimum Gasteiger partial charge on any atom is -0.493 e. The lowest BCUT2D eigenvalue weighted by Crippen LogP contribution is -1.93. The lowest BCUT2D eigenvalue weighted by molar-refractivity contribution is 0.339. The molecule has 2 aromatic heterocycles. The third-order valence-electron chi connectivity index (χ3n) is 3.35. The summed E-state index contributed by atoms with van der Waals surface area (Å²) in [6, 6.07) is 13.7. The zero-order valence-electron chi connectivity index (χ0n) is 13.1. The Hall–Kier alpha value is -2.97. The number of rotatable bonds is 5. The van der Waals surface area contributed by atoms with E-state index in [1.54, 1.807) is 12.4 Å². The Bertz CT molecular complexity index is 894. The number of para-hydroxylation sites is 1. The van der Waals surface area contributed by atoms with Gasteiger partial charge < -0.3 is 4.74 Å². The maximum atomic E-state index is 9.54. The molecule has 0 aliphatic carbocycles. The van der Waals surface area contributed by atoms with E-state index in [1.807, 2.05) is 54.8 Å². The summed E-state index contributed by atoms with van der Waals surface area (Å²) in [5.74, 6) is 0.763. The molecule has 1 aromatic carbocycles. The second-order valence-corrected chi connectivity index (χ2v) is 5.77. The molecule has 3 rings (SSSR count). The average Bonchev–Trinajstić information content (AvgIpc) is 3.12. The average molecular weight is 333 g/mol. The first-order chi connectivity index (χ1) is 11.8. The predicted octanol–water partition coefficient (Wildman–Crippen LogP) is 4.67. The molecule has 5 heteroatoms. The highest BCUT2D eigenvalue weighted by atomic mass is 32.1. The fraction of sp³-hybridized carbons (Fsp3) is 0.105. The molecule has 3 aromatic rings. The number of nitriles is 1. The van der Waals surface area contributed by atoms with Crippen molar-refractivity contribution >= 4 is 23.0 Å². The van der Waals surface area contributed by atoms with Gasteiger partial charge in [-0.15, -0.1) is 11.3 Å². The van der Waals surface area contributed by atoms with Crippen molar-refractivity contribution in [3.8, 4) is 23.1 Å². The minimum absolute atomic E-state index is 0.521. The van der Waals surface area contributed by atoms with Crippen molar-refractivity contribution in [1.29, 1.82) is 5.26 Å². The molecule has 0 unspecified atom stereocenters. The van der Waals surface area contributed by atoms with Crippen molar-refractivity contribution in [3.05, 3.63) is 64.7 Å². The minimum atomic E-state index is 0.521. The van der Waals surface area contributed by atoms with Gasteiger partial charge in [0.2, 0.25) is 0 Å². The topological polar surface area (TPSA) is 58.8 Å². The SMILES string of the molecule is CCOc1ccccc1/C=C(\C#N)c1nc(-c2ccncc2)cs1. The lowest BCUT2D eigenvalue weighted by atomic mass is 10.1. The molecule has 0 N–H and O–H groups in total. The van der Waals surface area contributed by atoms with Gasteiger partial charge in [0.15, 0.2) is 0 Å². The number of thiazole rings is 1. The van der Waals surface area contributed by atoms with Crippen LogP contribution in [0, 0.1) is 11.3 Å². The summed E-state index contributed by atoms with van der Waals surface area (Å²) in [5, 5.41) is 12.2. The van der Waals surface area contributed by atoms with E-state index in [9.17, 15) is 5.26 Å². The molecule has 0 spiro atoms. The largest absolute Gasteiger partial charge is 0.493 e. The van der Waals surface area contributed by atoms with E-state index < -0.39 is 0 Å². The second-order valence-electron chi connectivity index (χ2n) is 4.91. The van der Waals surface area contributed by atoms with Crippen LogP contribution in [0.4, 0.5) is 0 Å². The molecule has 0 amide bonds. The van der Waals surface area contributed by atoms with Gasteiger partial charge in [0, 0.05) is 28.9 Å². The van der Waals surface area contributed by atoms with E-state index in [2.05, 4.69) is 16.0 Å². The Labute approximate surface area is 144 Å². The van der Waals surface area contributed by atoms with Crippen LogP contribution in [-0.2, 0) is 0 Å². The predicted molar refractivity (Wildman–Crippen MR) is 96.4 cm³/mol. The molecule has 118 valence electrons. The van der Waals surface area contributed by atoms with Gasteiger partial charge in [0.1, 0.15) is 16.8 Å². The van der Waals surface area contributed by atoms with Gasteiger partial charge in [-0.25, -0.2) is 4.98 Å². The zero-order chi connectivity index (χ0) is 16.8. The van der Waals surface area contributed by atoms with Gasteiger partial charge in [-0.05, 0) is 31.2 Å². The van der Waals surface area contributed by atoms with Gasteiger partial charge in [0.25, 0.3) is 0 Å². The number of ether oxygens (including phenoxy) is 1. The van der Waals surface area contributed by atoms with E-state index in [0.717, 1.165) is 22.6 Å². The monoisotopic (exact) mass is 333 g/mol. The fourth-order valence-electron chi connectivity index (χ4n) is 2.24. The van der Waals surface area contributed by atoms with Crippen LogP contribution in [0.15, 0.2) is 54.2 Å². The maximum absolute atomic E-state index is 9.54. The molecule has 0 saturated heterocycles. The Kier molecular flexibility index (Phi) is 4.99. The summed E-state index contributed by atoms with van der Waals surface area (Å²) in [7, 11) is 0. The van der Waals surface area contributed by atoms with Crippen LogP contribution in [-0.4, -0.2) is 16.6 Å². The van der Waals surface area contributed by atoms with Crippen molar-refractivity contribution in [1.82, 2.24) is 9.97 Å². The molecule has 24 heavy (non-hydrogen) atoms. The smallest absolute Gasteiger partial charge is 0.134 e. The Balaban J connectivity index is 1.96. The number of pyridine rings is 1. The van der Waals surface area contributed by atoms with Crippen LogP contribution in [0.1, 0.15) is 17.5 Å². The van der Waals surface area contributed by atoms with Crippen molar-refractivity contribution in [3.63, 3.8) is 0 Å². The molecule has 0 aliphatic rings. The first kappa shape index (κ1) is 15.9. The van der Waals surface area contributed by atoms with Crippen molar-refractivity contribution < 1.29 is 4.74 Å². The first-order valence-corrected chi connectivity index (χ1v) is 8.39. The van der Waals surface area contributed by atoms with Gasteiger partial charge in [-0.3, -0.25) is 4.98 Å². The van der Waals surface area contributed by atoms with Crippen molar-refractivity contribution in [2.24, 2.45) is 0 Å². The third-order valence-corrected chi connectivity index (χ3v) is 4.23. The Morgan fingerprint density at radius 3 is 2.79 bits per heavy atom. The number of hydrogen-bond donors (Lipinski definition) is 0. The summed E-state index contributed by atoms with van der Waals surface area (Å²) in [6.07, 6.45) is 5.28. The van der Waals surface area contributed by atoms with Crippen LogP contribution < -0.4 is 4.74 Å². The van der Waals surface area contributed by atoms with Crippen LogP contribution in [0.3, 0.4) is 0 Å². The third kappa shape index (κ3) is 3.50. The van der Waals surface area contributed by atoms with Gasteiger partial charge >= 0.3 is 0 Å². The van der Waals surface area contributed by atoms with Crippen LogP contribution in [0.5, 0.6) is 5.75 Å². The molecule has 0 bridgehead atoms. The van der Waals surface area contributed by atoms with Crippen molar-refractivity contribution in [2.75, 3.05) is 6.61 Å². The summed E-state index contributed by atoms with van der Waals surface area (Å²) in [6.45, 7) is 2.52. The molecule has 0 radical (unpaired) electrons. The van der Waals surface area contributed by atoms with Crippen molar-refractivity contribution in [2.45, 2.75) is 6.92 Å². The van der Waals surface area contributed by atoms with Crippen LogP contribution >= 0.6 is 11.3 Å². The van der Waals surface area contributed by atoms with E-state index >= 15 is 0 Å². The fourth-order valence-corrected chi connectivity index (χ4v) is 3.03. The highest BCUT2D eigenvalue weighted by Gasteiger charge is 2.10. The van der Waals surface area contributed by atoms with Crippen LogP contribution in [0.25, 0.3) is 22.9 Å². The van der Waals surface area contributed by atoms with E-state index in [0.29, 0.717) is 17.2 Å². The number of allylic oxidation sites excluding steroid dienone is 1. The van der Waals surface area contributed by atoms with Gasteiger partial charge in [-0.1, -0.05) is 18.2 Å². The molecule has 0 saturated carbocycles. The van der Waals surface area contributed by atoms with E-state index in [1.165, 1.54) is 11.3 Å². The molecular formula is C19H15N3OS. The molecule has 0 fully saturated rings. The number of benzene rings is 1. The molecule has 2 heterocycles.